The maximum atomic E-state index is 11.6. The number of rotatable bonds is 6. The fraction of sp³-hybridized carbons (Fsp3) is 0.700. The molecule has 0 aromatic rings. The maximum absolute atomic E-state index is 11.6. The van der Waals surface area contributed by atoms with Crippen molar-refractivity contribution in [3.05, 3.63) is 0 Å². The van der Waals surface area contributed by atoms with Crippen LogP contribution in [0.25, 0.3) is 0 Å². The van der Waals surface area contributed by atoms with Gasteiger partial charge in [0.2, 0.25) is 11.8 Å². The third kappa shape index (κ3) is 5.86. The van der Waals surface area contributed by atoms with Crippen molar-refractivity contribution in [2.75, 3.05) is 6.54 Å². The second-order valence-electron chi connectivity index (χ2n) is 4.02. The number of carbonyl (C=O) groups is 3. The van der Waals surface area contributed by atoms with Gasteiger partial charge in [-0.15, -0.1) is 0 Å². The van der Waals surface area contributed by atoms with Gasteiger partial charge in [-0.25, -0.2) is 4.79 Å². The summed E-state index contributed by atoms with van der Waals surface area (Å²) in [4.78, 5) is 32.8. The van der Waals surface area contributed by atoms with Gasteiger partial charge in [0.05, 0.1) is 6.54 Å². The van der Waals surface area contributed by atoms with Crippen LogP contribution in [0.2, 0.25) is 0 Å². The molecule has 2 amide bonds. The van der Waals surface area contributed by atoms with Crippen LogP contribution in [0, 0.1) is 5.92 Å². The smallest absolute Gasteiger partial charge is 0.334 e. The van der Waals surface area contributed by atoms with Gasteiger partial charge in [-0.05, 0) is 5.92 Å². The Bertz CT molecular complexity index is 303. The van der Waals surface area contributed by atoms with E-state index in [1.807, 2.05) is 0 Å². The molecular formula is C10H18N2O5. The highest BCUT2D eigenvalue weighted by molar-refractivity contribution is 5.87. The molecule has 0 rings (SSSR count). The lowest BCUT2D eigenvalue weighted by Gasteiger charge is -2.21. The van der Waals surface area contributed by atoms with Crippen molar-refractivity contribution in [2.24, 2.45) is 5.92 Å². The molecule has 7 nitrogen and oxygen atoms in total. The molecule has 0 radical (unpaired) electrons. The minimum Gasteiger partial charge on any atom is -0.479 e. The second-order valence-corrected chi connectivity index (χ2v) is 4.02. The molecule has 2 atom stereocenters. The standard InChI is InChI=1S/C10H18N2O5/c1-5(2)8(12-6(3)13)9(15)11-4-7(14)10(16)17/h5,7-8,14H,4H2,1-3H3,(H,11,15)(H,12,13)(H,16,17)/t7-,8?/m0/s1. The summed E-state index contributed by atoms with van der Waals surface area (Å²) < 4.78 is 0. The minimum atomic E-state index is -1.65. The molecule has 7 heteroatoms. The van der Waals surface area contributed by atoms with E-state index >= 15 is 0 Å². The van der Waals surface area contributed by atoms with E-state index < -0.39 is 30.6 Å². The van der Waals surface area contributed by atoms with E-state index in [0.29, 0.717) is 0 Å². The summed E-state index contributed by atoms with van der Waals surface area (Å²) in [6.07, 6.45) is -1.65. The molecule has 0 saturated heterocycles. The van der Waals surface area contributed by atoms with Gasteiger partial charge in [-0.2, -0.15) is 0 Å². The van der Waals surface area contributed by atoms with E-state index in [9.17, 15) is 14.4 Å². The van der Waals surface area contributed by atoms with Crippen LogP contribution in [-0.2, 0) is 14.4 Å². The highest BCUT2D eigenvalue weighted by Gasteiger charge is 2.24. The quantitative estimate of drug-likeness (QED) is 0.465. The topological polar surface area (TPSA) is 116 Å². The third-order valence-corrected chi connectivity index (χ3v) is 2.06. The third-order valence-electron chi connectivity index (χ3n) is 2.06. The van der Waals surface area contributed by atoms with Crippen LogP contribution >= 0.6 is 0 Å². The Labute approximate surface area is 99.2 Å². The Hall–Kier alpha value is -1.63. The van der Waals surface area contributed by atoms with Gasteiger partial charge >= 0.3 is 5.97 Å². The van der Waals surface area contributed by atoms with E-state index in [1.54, 1.807) is 13.8 Å². The lowest BCUT2D eigenvalue weighted by molar-refractivity contribution is -0.146. The summed E-state index contributed by atoms with van der Waals surface area (Å²) in [5.41, 5.74) is 0. The highest BCUT2D eigenvalue weighted by Crippen LogP contribution is 2.01. The fourth-order valence-electron chi connectivity index (χ4n) is 1.15. The zero-order valence-corrected chi connectivity index (χ0v) is 10.1. The molecule has 0 saturated carbocycles. The van der Waals surface area contributed by atoms with E-state index in [0.717, 1.165) is 0 Å². The van der Waals surface area contributed by atoms with Gasteiger partial charge in [-0.1, -0.05) is 13.8 Å². The fourth-order valence-corrected chi connectivity index (χ4v) is 1.15. The number of aliphatic hydroxyl groups excluding tert-OH is 1. The lowest BCUT2D eigenvalue weighted by Crippen LogP contribution is -2.51. The molecule has 0 heterocycles. The number of amides is 2. The molecule has 0 aliphatic heterocycles. The van der Waals surface area contributed by atoms with Crippen LogP contribution < -0.4 is 10.6 Å². The summed E-state index contributed by atoms with van der Waals surface area (Å²) in [5, 5.41) is 22.1. The van der Waals surface area contributed by atoms with E-state index in [-0.39, 0.29) is 11.8 Å². The normalized spacial score (nSPS) is 13.9. The zero-order chi connectivity index (χ0) is 13.6. The molecule has 0 bridgehead atoms. The second kappa shape index (κ2) is 6.85. The number of aliphatic carboxylic acids is 1. The summed E-state index contributed by atoms with van der Waals surface area (Å²) in [6.45, 7) is 4.38. The number of hydrogen-bond donors (Lipinski definition) is 4. The Balaban J connectivity index is 4.33. The Morgan fingerprint density at radius 2 is 1.76 bits per heavy atom. The van der Waals surface area contributed by atoms with Gasteiger partial charge in [0.15, 0.2) is 6.10 Å². The highest BCUT2D eigenvalue weighted by atomic mass is 16.4. The van der Waals surface area contributed by atoms with Gasteiger partial charge in [-0.3, -0.25) is 9.59 Å². The van der Waals surface area contributed by atoms with E-state index in [2.05, 4.69) is 10.6 Å². The van der Waals surface area contributed by atoms with Crippen LogP contribution in [0.3, 0.4) is 0 Å². The van der Waals surface area contributed by atoms with Crippen molar-refractivity contribution >= 4 is 17.8 Å². The maximum Gasteiger partial charge on any atom is 0.334 e. The number of carboxylic acids is 1. The first-order valence-corrected chi connectivity index (χ1v) is 5.21. The Morgan fingerprint density at radius 1 is 1.24 bits per heavy atom. The largest absolute Gasteiger partial charge is 0.479 e. The molecule has 98 valence electrons. The van der Waals surface area contributed by atoms with Crippen molar-refractivity contribution in [3.8, 4) is 0 Å². The first kappa shape index (κ1) is 15.4. The number of nitrogens with one attached hydrogen (secondary N) is 2. The number of aliphatic hydroxyl groups is 1. The average Bonchev–Trinajstić information content (AvgIpc) is 2.21. The number of hydrogen-bond acceptors (Lipinski definition) is 4. The molecule has 0 fully saturated rings. The van der Waals surface area contributed by atoms with Gasteiger partial charge in [0.25, 0.3) is 0 Å². The summed E-state index contributed by atoms with van der Waals surface area (Å²) in [5.74, 6) is -2.42. The van der Waals surface area contributed by atoms with Crippen molar-refractivity contribution in [1.29, 1.82) is 0 Å². The molecule has 0 spiro atoms. The molecule has 4 N–H and O–H groups in total. The molecule has 17 heavy (non-hydrogen) atoms. The van der Waals surface area contributed by atoms with Crippen LogP contribution in [-0.4, -0.2) is 46.7 Å². The van der Waals surface area contributed by atoms with Gasteiger partial charge in [0.1, 0.15) is 6.04 Å². The zero-order valence-electron chi connectivity index (χ0n) is 10.1. The minimum absolute atomic E-state index is 0.138. The van der Waals surface area contributed by atoms with Gasteiger partial charge < -0.3 is 20.8 Å². The van der Waals surface area contributed by atoms with E-state index in [1.165, 1.54) is 6.92 Å². The Kier molecular flexibility index (Phi) is 6.19. The lowest BCUT2D eigenvalue weighted by atomic mass is 10.0. The molecule has 0 aromatic heterocycles. The summed E-state index contributed by atoms with van der Waals surface area (Å²) in [7, 11) is 0. The van der Waals surface area contributed by atoms with Crippen LogP contribution in [0.4, 0.5) is 0 Å². The molecule has 1 unspecified atom stereocenters. The summed E-state index contributed by atoms with van der Waals surface area (Å²) in [6, 6.07) is -0.742. The first-order chi connectivity index (χ1) is 7.75. The van der Waals surface area contributed by atoms with E-state index in [4.69, 9.17) is 10.2 Å². The Morgan fingerprint density at radius 3 is 2.12 bits per heavy atom. The monoisotopic (exact) mass is 246 g/mol. The summed E-state index contributed by atoms with van der Waals surface area (Å²) >= 11 is 0. The van der Waals surface area contributed by atoms with Crippen LogP contribution in [0.1, 0.15) is 20.8 Å². The molecule has 0 aliphatic carbocycles. The van der Waals surface area contributed by atoms with Crippen molar-refractivity contribution in [3.63, 3.8) is 0 Å². The van der Waals surface area contributed by atoms with Crippen molar-refractivity contribution in [1.82, 2.24) is 10.6 Å². The van der Waals surface area contributed by atoms with Crippen molar-refractivity contribution < 1.29 is 24.6 Å². The first-order valence-electron chi connectivity index (χ1n) is 5.21. The van der Waals surface area contributed by atoms with Crippen LogP contribution in [0.5, 0.6) is 0 Å². The number of carbonyl (C=O) groups excluding carboxylic acids is 2. The van der Waals surface area contributed by atoms with Crippen molar-refractivity contribution in [2.45, 2.75) is 32.9 Å². The predicted octanol–water partition coefficient (Wildman–Crippen LogP) is -1.29. The predicted molar refractivity (Wildman–Crippen MR) is 59.1 cm³/mol. The SMILES string of the molecule is CC(=O)NC(C(=O)NC[C@H](O)C(=O)O)C(C)C. The molecule has 0 aromatic carbocycles. The van der Waals surface area contributed by atoms with Crippen LogP contribution in [0.15, 0.2) is 0 Å². The molecular weight excluding hydrogens is 228 g/mol. The van der Waals surface area contributed by atoms with Gasteiger partial charge in [0, 0.05) is 6.92 Å². The molecule has 0 aliphatic rings. The average molecular weight is 246 g/mol. The number of carboxylic acid groups (broad SMARTS) is 1.